The number of thioether (sulfide) groups is 1. The van der Waals surface area contributed by atoms with Crippen LogP contribution in [0.1, 0.15) is 112 Å². The number of hydrogen-bond acceptors (Lipinski definition) is 2. The van der Waals surface area contributed by atoms with Crippen molar-refractivity contribution in [1.82, 2.24) is 0 Å². The van der Waals surface area contributed by atoms with Crippen molar-refractivity contribution in [2.45, 2.75) is 117 Å². The zero-order chi connectivity index (χ0) is 17.6. The lowest BCUT2D eigenvalue weighted by Crippen LogP contribution is -2.34. The van der Waals surface area contributed by atoms with Crippen LogP contribution in [0, 0.1) is 11.8 Å². The van der Waals surface area contributed by atoms with Crippen LogP contribution in [0.25, 0.3) is 0 Å². The summed E-state index contributed by atoms with van der Waals surface area (Å²) < 4.78 is 0. The maximum absolute atomic E-state index is 11.0. The second-order valence-electron chi connectivity index (χ2n) is 7.78. The molecule has 0 aliphatic rings. The second kappa shape index (κ2) is 14.6. The highest BCUT2D eigenvalue weighted by Crippen LogP contribution is 2.38. The summed E-state index contributed by atoms with van der Waals surface area (Å²) in [5.74, 6) is 2.07. The Kier molecular flexibility index (Phi) is 14.8. The molecule has 0 radical (unpaired) electrons. The molecule has 140 valence electrons. The lowest BCUT2D eigenvalue weighted by molar-refractivity contribution is 0.0573. The Labute approximate surface area is 151 Å². The fourth-order valence-electron chi connectivity index (χ4n) is 3.14. The van der Waals surface area contributed by atoms with Crippen LogP contribution in [-0.2, 0) is 0 Å². The fourth-order valence-corrected chi connectivity index (χ4v) is 4.75. The van der Waals surface area contributed by atoms with Gasteiger partial charge in [0.25, 0.3) is 0 Å². The minimum absolute atomic E-state index is 0.387. The van der Waals surface area contributed by atoms with Crippen molar-refractivity contribution in [2.75, 3.05) is 5.75 Å². The molecule has 0 bridgehead atoms. The van der Waals surface area contributed by atoms with Crippen molar-refractivity contribution < 1.29 is 5.11 Å². The Morgan fingerprint density at radius 3 is 1.70 bits per heavy atom. The molecule has 0 aliphatic heterocycles. The summed E-state index contributed by atoms with van der Waals surface area (Å²) >= 11 is 1.82. The Morgan fingerprint density at radius 2 is 1.26 bits per heavy atom. The number of rotatable bonds is 16. The van der Waals surface area contributed by atoms with Crippen LogP contribution in [0.15, 0.2) is 0 Å². The van der Waals surface area contributed by atoms with Gasteiger partial charge in [-0.2, -0.15) is 0 Å². The third-order valence-electron chi connectivity index (χ3n) is 4.93. The van der Waals surface area contributed by atoms with E-state index in [1.54, 1.807) is 0 Å². The summed E-state index contributed by atoms with van der Waals surface area (Å²) in [6.45, 7) is 11.1. The van der Waals surface area contributed by atoms with Gasteiger partial charge in [0.1, 0.15) is 4.93 Å². The summed E-state index contributed by atoms with van der Waals surface area (Å²) in [6.07, 6.45) is 15.8. The molecule has 2 heteroatoms. The zero-order valence-electron chi connectivity index (χ0n) is 16.7. The van der Waals surface area contributed by atoms with Crippen LogP contribution in [-0.4, -0.2) is 15.8 Å². The van der Waals surface area contributed by atoms with Crippen molar-refractivity contribution in [2.24, 2.45) is 11.8 Å². The average Bonchev–Trinajstić information content (AvgIpc) is 2.51. The predicted molar refractivity (Wildman–Crippen MR) is 108 cm³/mol. The topological polar surface area (TPSA) is 20.2 Å². The van der Waals surface area contributed by atoms with Gasteiger partial charge in [0.15, 0.2) is 0 Å². The van der Waals surface area contributed by atoms with Crippen molar-refractivity contribution in [3.8, 4) is 0 Å². The summed E-state index contributed by atoms with van der Waals surface area (Å²) in [4.78, 5) is -0.512. The summed E-state index contributed by atoms with van der Waals surface area (Å²) in [7, 11) is 0. The van der Waals surface area contributed by atoms with E-state index in [9.17, 15) is 5.11 Å². The first-order chi connectivity index (χ1) is 11.0. The predicted octanol–water partition coefficient (Wildman–Crippen LogP) is 7.42. The van der Waals surface area contributed by atoms with Gasteiger partial charge in [0.2, 0.25) is 0 Å². The van der Waals surface area contributed by atoms with Crippen LogP contribution < -0.4 is 0 Å². The standard InChI is InChI=1S/C21H44OS/c1-6-8-9-10-11-12-13-14-15-16-17-23-21(22,18-19(3)4)20(5)7-2/h19-20,22H,6-18H2,1-5H3. The molecule has 2 atom stereocenters. The van der Waals surface area contributed by atoms with Crippen LogP contribution >= 0.6 is 11.8 Å². The van der Waals surface area contributed by atoms with E-state index in [0.29, 0.717) is 11.8 Å². The van der Waals surface area contributed by atoms with Gasteiger partial charge in [-0.15, -0.1) is 11.8 Å². The normalized spacial score (nSPS) is 15.8. The number of aliphatic hydroxyl groups is 1. The Morgan fingerprint density at radius 1 is 0.783 bits per heavy atom. The smallest absolute Gasteiger partial charge is 0.113 e. The highest BCUT2D eigenvalue weighted by Gasteiger charge is 2.33. The van der Waals surface area contributed by atoms with E-state index in [2.05, 4.69) is 34.6 Å². The van der Waals surface area contributed by atoms with Gasteiger partial charge in [-0.25, -0.2) is 0 Å². The van der Waals surface area contributed by atoms with Gasteiger partial charge in [0.05, 0.1) is 0 Å². The van der Waals surface area contributed by atoms with Gasteiger partial charge < -0.3 is 5.11 Å². The summed E-state index contributed by atoms with van der Waals surface area (Å²) in [5, 5.41) is 11.0. The molecule has 0 spiro atoms. The first-order valence-corrected chi connectivity index (χ1v) is 11.3. The minimum atomic E-state index is -0.512. The van der Waals surface area contributed by atoms with Crippen molar-refractivity contribution in [1.29, 1.82) is 0 Å². The Balaban J connectivity index is 3.67. The summed E-state index contributed by atoms with van der Waals surface area (Å²) in [5.41, 5.74) is 0. The Hall–Kier alpha value is 0.310. The fraction of sp³-hybridized carbons (Fsp3) is 1.00. The third-order valence-corrected chi connectivity index (χ3v) is 6.49. The quantitative estimate of drug-likeness (QED) is 0.232. The van der Waals surface area contributed by atoms with Crippen molar-refractivity contribution in [3.63, 3.8) is 0 Å². The highest BCUT2D eigenvalue weighted by atomic mass is 32.2. The summed E-state index contributed by atoms with van der Waals surface area (Å²) in [6, 6.07) is 0. The van der Waals surface area contributed by atoms with Crippen LogP contribution in [0.3, 0.4) is 0 Å². The lowest BCUT2D eigenvalue weighted by atomic mass is 9.93. The van der Waals surface area contributed by atoms with Gasteiger partial charge in [-0.05, 0) is 36.9 Å². The molecular formula is C21H44OS. The average molecular weight is 345 g/mol. The SMILES string of the molecule is CCCCCCCCCCCCSC(O)(CC(C)C)C(C)CC. The van der Waals surface area contributed by atoms with Gasteiger partial charge in [0, 0.05) is 0 Å². The first-order valence-electron chi connectivity index (χ1n) is 10.3. The molecule has 0 saturated carbocycles. The lowest BCUT2D eigenvalue weighted by Gasteiger charge is -2.34. The minimum Gasteiger partial charge on any atom is -0.379 e. The number of hydrogen-bond donors (Lipinski definition) is 1. The Bertz CT molecular complexity index is 254. The van der Waals surface area contributed by atoms with Crippen LogP contribution in [0.4, 0.5) is 0 Å². The molecule has 23 heavy (non-hydrogen) atoms. The zero-order valence-corrected chi connectivity index (χ0v) is 17.5. The van der Waals surface area contributed by atoms with Crippen molar-refractivity contribution in [3.05, 3.63) is 0 Å². The van der Waals surface area contributed by atoms with Gasteiger partial charge in [-0.3, -0.25) is 0 Å². The molecule has 0 amide bonds. The van der Waals surface area contributed by atoms with Crippen LogP contribution in [0.2, 0.25) is 0 Å². The molecule has 1 N–H and O–H groups in total. The van der Waals surface area contributed by atoms with E-state index in [-0.39, 0.29) is 0 Å². The van der Waals surface area contributed by atoms with E-state index in [0.717, 1.165) is 18.6 Å². The molecule has 0 aromatic carbocycles. The van der Waals surface area contributed by atoms with E-state index in [1.807, 2.05) is 11.8 Å². The van der Waals surface area contributed by atoms with E-state index in [4.69, 9.17) is 0 Å². The molecule has 0 heterocycles. The third kappa shape index (κ3) is 12.3. The highest BCUT2D eigenvalue weighted by molar-refractivity contribution is 8.00. The molecule has 0 aliphatic carbocycles. The molecule has 0 saturated heterocycles. The maximum atomic E-state index is 11.0. The second-order valence-corrected chi connectivity index (χ2v) is 9.19. The largest absolute Gasteiger partial charge is 0.379 e. The monoisotopic (exact) mass is 344 g/mol. The first kappa shape index (κ1) is 23.3. The maximum Gasteiger partial charge on any atom is 0.113 e. The van der Waals surface area contributed by atoms with Gasteiger partial charge in [-0.1, -0.05) is 92.4 Å². The van der Waals surface area contributed by atoms with E-state index in [1.165, 1.54) is 64.2 Å². The van der Waals surface area contributed by atoms with E-state index >= 15 is 0 Å². The van der Waals surface area contributed by atoms with Gasteiger partial charge >= 0.3 is 0 Å². The number of unbranched alkanes of at least 4 members (excludes halogenated alkanes) is 9. The van der Waals surface area contributed by atoms with Crippen molar-refractivity contribution >= 4 is 11.8 Å². The molecule has 2 unspecified atom stereocenters. The van der Waals surface area contributed by atoms with Crippen LogP contribution in [0.5, 0.6) is 0 Å². The molecular weight excluding hydrogens is 300 g/mol. The van der Waals surface area contributed by atoms with E-state index < -0.39 is 4.93 Å². The molecule has 0 fully saturated rings. The molecule has 0 rings (SSSR count). The molecule has 0 aromatic rings. The molecule has 0 aromatic heterocycles. The molecule has 1 nitrogen and oxygen atoms in total.